The Labute approximate surface area is 255 Å². The topological polar surface area (TPSA) is 135 Å². The molecule has 45 heavy (non-hydrogen) atoms. The maximum atomic E-state index is 15.7. The molecule has 3 N–H and O–H groups in total. The van der Waals surface area contributed by atoms with Crippen molar-refractivity contribution in [2.45, 2.75) is 13.5 Å². The van der Waals surface area contributed by atoms with Crippen LogP contribution in [0.2, 0.25) is 0 Å². The van der Waals surface area contributed by atoms with Gasteiger partial charge in [-0.2, -0.15) is 10.1 Å². The van der Waals surface area contributed by atoms with E-state index in [-0.39, 0.29) is 47.1 Å². The average molecular weight is 612 g/mol. The zero-order chi connectivity index (χ0) is 31.5. The van der Waals surface area contributed by atoms with E-state index in [4.69, 9.17) is 14.6 Å². The summed E-state index contributed by atoms with van der Waals surface area (Å²) >= 11 is 0. The maximum Gasteiger partial charge on any atom is 0.336 e. The molecule has 228 valence electrons. The van der Waals surface area contributed by atoms with Crippen LogP contribution < -0.4 is 4.74 Å². The van der Waals surface area contributed by atoms with E-state index in [1.54, 1.807) is 48.0 Å². The number of aryl methyl sites for hydroxylation is 1. The number of benzene rings is 4. The summed E-state index contributed by atoms with van der Waals surface area (Å²) < 4.78 is 43.6. The minimum atomic E-state index is -1.11. The summed E-state index contributed by atoms with van der Waals surface area (Å²) in [5.74, 6) is -1.87. The molecule has 0 atom stereocenters. The molecule has 0 aliphatic carbocycles. The Balaban J connectivity index is 1.21. The molecule has 0 fully saturated rings. The summed E-state index contributed by atoms with van der Waals surface area (Å²) in [6, 6.07) is 20.1. The summed E-state index contributed by atoms with van der Waals surface area (Å²) in [6.07, 6.45) is 1.47. The summed E-state index contributed by atoms with van der Waals surface area (Å²) in [5.41, 5.74) is 3.31. The quantitative estimate of drug-likeness (QED) is 0.147. The number of ether oxygens (including phenoxy) is 2. The Morgan fingerprint density at radius 1 is 0.933 bits per heavy atom. The number of aliphatic hydroxyl groups is 1. The lowest BCUT2D eigenvalue weighted by Gasteiger charge is -2.09. The molecular formula is C33H27F2N5O5. The Hall–Kier alpha value is -5.46. The number of fused-ring (bicyclic) bond motifs is 1. The monoisotopic (exact) mass is 611 g/mol. The predicted octanol–water partition coefficient (Wildman–Crippen LogP) is 6.24. The van der Waals surface area contributed by atoms with Gasteiger partial charge in [-0.1, -0.05) is 54.6 Å². The van der Waals surface area contributed by atoms with Gasteiger partial charge in [0.25, 0.3) is 6.01 Å². The molecule has 4 aromatic carbocycles. The first kappa shape index (κ1) is 29.6. The summed E-state index contributed by atoms with van der Waals surface area (Å²) in [7, 11) is 0. The second-order valence-corrected chi connectivity index (χ2v) is 10.2. The number of hydrogen-bond acceptors (Lipinski definition) is 7. The molecule has 6 rings (SSSR count). The van der Waals surface area contributed by atoms with Crippen LogP contribution in [0, 0.1) is 18.6 Å². The molecule has 0 spiro atoms. The van der Waals surface area contributed by atoms with Crippen LogP contribution in [0.25, 0.3) is 44.7 Å². The minimum absolute atomic E-state index is 0.0411. The minimum Gasteiger partial charge on any atom is -0.478 e. The van der Waals surface area contributed by atoms with Gasteiger partial charge in [0.05, 0.1) is 43.0 Å². The molecule has 6 aromatic rings. The number of imidazole rings is 1. The highest BCUT2D eigenvalue weighted by Gasteiger charge is 2.20. The van der Waals surface area contributed by atoms with Crippen LogP contribution in [0.3, 0.4) is 0 Å². The maximum absolute atomic E-state index is 15.7. The number of aliphatic hydroxyl groups excluding tert-OH is 1. The largest absolute Gasteiger partial charge is 0.478 e. The highest BCUT2D eigenvalue weighted by molar-refractivity contribution is 5.90. The van der Waals surface area contributed by atoms with Crippen molar-refractivity contribution in [2.24, 2.45) is 0 Å². The van der Waals surface area contributed by atoms with Crippen molar-refractivity contribution in [3.8, 4) is 45.4 Å². The van der Waals surface area contributed by atoms with Gasteiger partial charge in [-0.25, -0.2) is 23.2 Å². The molecule has 2 aromatic heterocycles. The van der Waals surface area contributed by atoms with Gasteiger partial charge in [0.15, 0.2) is 11.6 Å². The SMILES string of the molecule is Cc1ccc(Oc2nc3c(F)c(-c4ccc(-c5ccc(-c6ncnn6CCOCCO)cc5)cc4)c(F)cc3[nH]2)cc1C(=O)O. The lowest BCUT2D eigenvalue weighted by atomic mass is 9.98. The van der Waals surface area contributed by atoms with E-state index in [1.807, 2.05) is 24.3 Å². The second kappa shape index (κ2) is 12.6. The molecule has 10 nitrogen and oxygen atoms in total. The third kappa shape index (κ3) is 6.14. The number of H-pyrrole nitrogens is 1. The standard InChI is InChI=1S/C33H27F2N5O5/c1-19-2-11-24(16-25(19)32(42)43)45-33-38-27-17-26(34)28(29(35)30(27)39-33)22-7-3-20(4-8-22)21-5-9-23(10-6-21)31-36-18-37-40(31)12-14-44-15-13-41/h2-11,16-18,41H,12-15H2,1H3,(H,38,39)(H,42,43). The number of aromatic carboxylic acids is 1. The number of nitrogens with zero attached hydrogens (tertiary/aromatic N) is 4. The van der Waals surface area contributed by atoms with Crippen LogP contribution in [0.1, 0.15) is 15.9 Å². The number of carboxylic acid groups (broad SMARTS) is 1. The highest BCUT2D eigenvalue weighted by Crippen LogP contribution is 2.34. The number of halogens is 2. The first-order chi connectivity index (χ1) is 21.8. The van der Waals surface area contributed by atoms with Crippen molar-refractivity contribution in [1.82, 2.24) is 24.7 Å². The fourth-order valence-electron chi connectivity index (χ4n) is 4.99. The summed E-state index contributed by atoms with van der Waals surface area (Å²) in [6.45, 7) is 2.77. The van der Waals surface area contributed by atoms with Crippen LogP contribution in [-0.4, -0.2) is 60.7 Å². The average Bonchev–Trinajstić information content (AvgIpc) is 3.67. The second-order valence-electron chi connectivity index (χ2n) is 10.2. The van der Waals surface area contributed by atoms with E-state index in [0.29, 0.717) is 30.1 Å². The molecule has 0 aliphatic rings. The number of nitrogens with one attached hydrogen (secondary N) is 1. The molecule has 0 saturated carbocycles. The van der Waals surface area contributed by atoms with Gasteiger partial charge in [0, 0.05) is 11.6 Å². The van der Waals surface area contributed by atoms with E-state index in [0.717, 1.165) is 22.8 Å². The van der Waals surface area contributed by atoms with Crippen molar-refractivity contribution < 1.29 is 33.3 Å². The van der Waals surface area contributed by atoms with Crippen LogP contribution in [0.4, 0.5) is 8.78 Å². The molecule has 0 aliphatic heterocycles. The van der Waals surface area contributed by atoms with Crippen molar-refractivity contribution in [3.05, 3.63) is 102 Å². The lowest BCUT2D eigenvalue weighted by Crippen LogP contribution is -2.10. The van der Waals surface area contributed by atoms with Crippen LogP contribution in [-0.2, 0) is 11.3 Å². The number of carboxylic acids is 1. The van der Waals surface area contributed by atoms with Gasteiger partial charge in [0.2, 0.25) is 0 Å². The Morgan fingerprint density at radius 2 is 1.62 bits per heavy atom. The number of rotatable bonds is 11. The molecule has 12 heteroatoms. The zero-order valence-electron chi connectivity index (χ0n) is 24.0. The van der Waals surface area contributed by atoms with E-state index >= 15 is 8.78 Å². The summed E-state index contributed by atoms with van der Waals surface area (Å²) in [5, 5.41) is 22.5. The Bertz CT molecular complexity index is 1990. The molecule has 0 radical (unpaired) electrons. The van der Waals surface area contributed by atoms with Crippen molar-refractivity contribution >= 4 is 17.0 Å². The zero-order valence-corrected chi connectivity index (χ0v) is 24.0. The van der Waals surface area contributed by atoms with Crippen LogP contribution in [0.5, 0.6) is 11.8 Å². The number of aromatic amines is 1. The molecule has 2 heterocycles. The molecule has 0 unspecified atom stereocenters. The van der Waals surface area contributed by atoms with Gasteiger partial charge in [-0.3, -0.25) is 0 Å². The van der Waals surface area contributed by atoms with Gasteiger partial charge < -0.3 is 24.7 Å². The van der Waals surface area contributed by atoms with Crippen molar-refractivity contribution in [1.29, 1.82) is 0 Å². The van der Waals surface area contributed by atoms with Gasteiger partial charge in [-0.05, 0) is 41.3 Å². The van der Waals surface area contributed by atoms with Crippen molar-refractivity contribution in [3.63, 3.8) is 0 Å². The fraction of sp³-hybridized carbons (Fsp3) is 0.152. The van der Waals surface area contributed by atoms with E-state index in [1.165, 1.54) is 12.4 Å². The Morgan fingerprint density at radius 3 is 2.31 bits per heavy atom. The first-order valence-corrected chi connectivity index (χ1v) is 14.0. The van der Waals surface area contributed by atoms with Gasteiger partial charge >= 0.3 is 5.97 Å². The smallest absolute Gasteiger partial charge is 0.336 e. The van der Waals surface area contributed by atoms with Gasteiger partial charge in [-0.15, -0.1) is 0 Å². The normalized spacial score (nSPS) is 11.3. The first-order valence-electron chi connectivity index (χ1n) is 14.0. The number of carbonyl (C=O) groups is 1. The predicted molar refractivity (Wildman–Crippen MR) is 162 cm³/mol. The summed E-state index contributed by atoms with van der Waals surface area (Å²) in [4.78, 5) is 22.7. The molecular weight excluding hydrogens is 584 g/mol. The lowest BCUT2D eigenvalue weighted by molar-refractivity contribution is 0.0695. The molecule has 0 saturated heterocycles. The fourth-order valence-corrected chi connectivity index (χ4v) is 4.99. The number of hydrogen-bond donors (Lipinski definition) is 3. The van der Waals surface area contributed by atoms with E-state index < -0.39 is 17.6 Å². The molecule has 0 amide bonds. The van der Waals surface area contributed by atoms with E-state index in [9.17, 15) is 9.90 Å². The third-order valence-corrected chi connectivity index (χ3v) is 7.25. The highest BCUT2D eigenvalue weighted by atomic mass is 19.1. The van der Waals surface area contributed by atoms with E-state index in [2.05, 4.69) is 20.1 Å². The van der Waals surface area contributed by atoms with Gasteiger partial charge in [0.1, 0.15) is 23.4 Å². The van der Waals surface area contributed by atoms with Crippen LogP contribution >= 0.6 is 0 Å². The number of aromatic nitrogens is 5. The Kier molecular flexibility index (Phi) is 8.32. The molecule has 0 bridgehead atoms. The van der Waals surface area contributed by atoms with Crippen molar-refractivity contribution in [2.75, 3.05) is 19.8 Å². The third-order valence-electron chi connectivity index (χ3n) is 7.25. The van der Waals surface area contributed by atoms with Crippen LogP contribution in [0.15, 0.2) is 79.1 Å².